The Kier molecular flexibility index (Phi) is 5.15. The Bertz CT molecular complexity index is 789. The van der Waals surface area contributed by atoms with Crippen LogP contribution in [0.3, 0.4) is 0 Å². The second-order valence-corrected chi connectivity index (χ2v) is 8.49. The molecule has 1 heterocycles. The van der Waals surface area contributed by atoms with Crippen LogP contribution in [0.1, 0.15) is 4.88 Å². The van der Waals surface area contributed by atoms with Crippen LogP contribution in [0.4, 0.5) is 5.69 Å². The molecule has 0 saturated heterocycles. The van der Waals surface area contributed by atoms with Crippen molar-refractivity contribution in [3.63, 3.8) is 0 Å². The molecule has 1 aromatic carbocycles. The van der Waals surface area contributed by atoms with E-state index in [0.717, 1.165) is 15.4 Å². The minimum atomic E-state index is -3.98. The average Bonchev–Trinajstić information content (AvgIpc) is 2.82. The summed E-state index contributed by atoms with van der Waals surface area (Å²) in [6, 6.07) is 5.57. The maximum Gasteiger partial charge on any atom is 0.289 e. The number of sulfonamides is 1. The predicted molar refractivity (Wildman–Crippen MR) is 86.8 cm³/mol. The van der Waals surface area contributed by atoms with Crippen LogP contribution in [-0.4, -0.2) is 13.3 Å². The number of nitrogens with zero attached hydrogens (tertiary/aromatic N) is 1. The molecule has 0 unspecified atom stereocenters. The summed E-state index contributed by atoms with van der Waals surface area (Å²) in [7, 11) is -3.98. The van der Waals surface area contributed by atoms with Gasteiger partial charge in [-0.05, 0) is 34.1 Å². The van der Waals surface area contributed by atoms with Gasteiger partial charge >= 0.3 is 0 Å². The molecule has 0 aliphatic carbocycles. The van der Waals surface area contributed by atoms with E-state index in [0.29, 0.717) is 4.47 Å². The van der Waals surface area contributed by atoms with Gasteiger partial charge in [-0.1, -0.05) is 15.9 Å². The smallest absolute Gasteiger partial charge is 0.258 e. The first-order valence-corrected chi connectivity index (χ1v) is 9.41. The van der Waals surface area contributed by atoms with E-state index in [1.165, 1.54) is 23.5 Å². The van der Waals surface area contributed by atoms with E-state index in [2.05, 4.69) is 36.6 Å². The fraction of sp³-hybridized carbons (Fsp3) is 0.0909. The third-order valence-corrected chi connectivity index (χ3v) is 6.09. The van der Waals surface area contributed by atoms with Gasteiger partial charge in [-0.3, -0.25) is 10.1 Å². The molecule has 0 aliphatic heterocycles. The molecule has 112 valence electrons. The summed E-state index contributed by atoms with van der Waals surface area (Å²) in [4.78, 5) is 10.7. The van der Waals surface area contributed by atoms with Crippen LogP contribution in [0.2, 0.25) is 0 Å². The third-order valence-electron chi connectivity index (χ3n) is 2.47. The number of rotatable bonds is 5. The monoisotopic (exact) mass is 454 g/mol. The first kappa shape index (κ1) is 16.6. The molecule has 0 saturated carbocycles. The lowest BCUT2D eigenvalue weighted by atomic mass is 10.3. The van der Waals surface area contributed by atoms with Crippen molar-refractivity contribution in [3.8, 4) is 0 Å². The highest BCUT2D eigenvalue weighted by atomic mass is 79.9. The van der Waals surface area contributed by atoms with E-state index in [1.54, 1.807) is 6.07 Å². The Labute approximate surface area is 141 Å². The topological polar surface area (TPSA) is 89.3 Å². The van der Waals surface area contributed by atoms with Crippen molar-refractivity contribution in [2.24, 2.45) is 0 Å². The highest BCUT2D eigenvalue weighted by Gasteiger charge is 2.25. The molecule has 0 aliphatic rings. The number of thiophene rings is 1. The molecule has 6 nitrogen and oxygen atoms in total. The van der Waals surface area contributed by atoms with Gasteiger partial charge in [-0.15, -0.1) is 11.3 Å². The van der Waals surface area contributed by atoms with Crippen LogP contribution in [0, 0.1) is 10.1 Å². The Balaban J connectivity index is 2.31. The van der Waals surface area contributed by atoms with Crippen LogP contribution < -0.4 is 4.72 Å². The Morgan fingerprint density at radius 1 is 1.24 bits per heavy atom. The van der Waals surface area contributed by atoms with Gasteiger partial charge < -0.3 is 0 Å². The first-order valence-electron chi connectivity index (χ1n) is 5.46. The third kappa shape index (κ3) is 4.10. The molecular formula is C11H8Br2N2O4S2. The average molecular weight is 456 g/mol. The minimum absolute atomic E-state index is 0.0717. The lowest BCUT2D eigenvalue weighted by Gasteiger charge is -2.07. The van der Waals surface area contributed by atoms with E-state index < -0.39 is 20.6 Å². The van der Waals surface area contributed by atoms with Gasteiger partial charge in [0.1, 0.15) is 0 Å². The maximum absolute atomic E-state index is 12.2. The molecule has 2 rings (SSSR count). The van der Waals surface area contributed by atoms with Crippen molar-refractivity contribution in [1.82, 2.24) is 4.72 Å². The Morgan fingerprint density at radius 2 is 1.95 bits per heavy atom. The fourth-order valence-corrected chi connectivity index (χ4v) is 4.74. The first-order chi connectivity index (χ1) is 9.79. The highest BCUT2D eigenvalue weighted by Crippen LogP contribution is 2.27. The number of nitro benzene ring substituents is 1. The lowest BCUT2D eigenvalue weighted by Crippen LogP contribution is -2.23. The number of hydrogen-bond acceptors (Lipinski definition) is 5. The summed E-state index contributed by atoms with van der Waals surface area (Å²) in [6.45, 7) is 0.0717. The van der Waals surface area contributed by atoms with E-state index in [-0.39, 0.29) is 11.4 Å². The van der Waals surface area contributed by atoms with Crippen LogP contribution in [0.25, 0.3) is 0 Å². The van der Waals surface area contributed by atoms with Crippen molar-refractivity contribution in [2.75, 3.05) is 0 Å². The van der Waals surface area contributed by atoms with Crippen LogP contribution in [0.5, 0.6) is 0 Å². The lowest BCUT2D eigenvalue weighted by molar-refractivity contribution is -0.387. The zero-order chi connectivity index (χ0) is 15.6. The van der Waals surface area contributed by atoms with E-state index >= 15 is 0 Å². The molecule has 0 fully saturated rings. The maximum atomic E-state index is 12.2. The summed E-state index contributed by atoms with van der Waals surface area (Å²) in [5.41, 5.74) is -0.460. The predicted octanol–water partition coefficient (Wildman–Crippen LogP) is 3.66. The molecule has 1 N–H and O–H groups in total. The second-order valence-electron chi connectivity index (χ2n) is 3.92. The second kappa shape index (κ2) is 6.53. The Morgan fingerprint density at radius 3 is 2.52 bits per heavy atom. The molecule has 0 radical (unpaired) electrons. The zero-order valence-corrected chi connectivity index (χ0v) is 15.1. The minimum Gasteiger partial charge on any atom is -0.258 e. The van der Waals surface area contributed by atoms with Crippen molar-refractivity contribution in [3.05, 3.63) is 53.6 Å². The van der Waals surface area contributed by atoms with Gasteiger partial charge in [0.15, 0.2) is 4.90 Å². The van der Waals surface area contributed by atoms with Gasteiger partial charge in [-0.2, -0.15) is 0 Å². The SMILES string of the molecule is O=[N+]([O-])c1ccc(Br)cc1S(=O)(=O)NCc1cc(Br)cs1. The Hall–Kier alpha value is -0.810. The van der Waals surface area contributed by atoms with Gasteiger partial charge in [-0.25, -0.2) is 13.1 Å². The largest absolute Gasteiger partial charge is 0.289 e. The van der Waals surface area contributed by atoms with Crippen LogP contribution in [0.15, 0.2) is 43.5 Å². The van der Waals surface area contributed by atoms with Gasteiger partial charge in [0, 0.05) is 31.8 Å². The fourth-order valence-electron chi connectivity index (χ4n) is 1.54. The van der Waals surface area contributed by atoms with Gasteiger partial charge in [0.25, 0.3) is 5.69 Å². The molecule has 21 heavy (non-hydrogen) atoms. The van der Waals surface area contributed by atoms with Crippen molar-refractivity contribution in [2.45, 2.75) is 11.4 Å². The normalized spacial score (nSPS) is 11.5. The van der Waals surface area contributed by atoms with Crippen LogP contribution >= 0.6 is 43.2 Å². The number of benzene rings is 1. The standard InChI is InChI=1S/C11H8Br2N2O4S2/c12-7-1-2-10(15(16)17)11(4-7)21(18,19)14-5-9-3-8(13)6-20-9/h1-4,6,14H,5H2. The molecule has 0 spiro atoms. The summed E-state index contributed by atoms with van der Waals surface area (Å²) >= 11 is 7.78. The molecule has 0 bridgehead atoms. The van der Waals surface area contributed by atoms with E-state index in [4.69, 9.17) is 0 Å². The van der Waals surface area contributed by atoms with Crippen molar-refractivity contribution >= 4 is 58.9 Å². The quantitative estimate of drug-likeness (QED) is 0.550. The molecule has 2 aromatic rings. The number of nitrogens with one attached hydrogen (secondary N) is 1. The molecule has 0 amide bonds. The van der Waals surface area contributed by atoms with Crippen molar-refractivity contribution in [1.29, 1.82) is 0 Å². The molecule has 1 aromatic heterocycles. The summed E-state index contributed by atoms with van der Waals surface area (Å²) in [6.07, 6.45) is 0. The van der Waals surface area contributed by atoms with Crippen LogP contribution in [-0.2, 0) is 16.6 Å². The molecule has 10 heteroatoms. The van der Waals surface area contributed by atoms with E-state index in [9.17, 15) is 18.5 Å². The summed E-state index contributed by atoms with van der Waals surface area (Å²) in [5.74, 6) is 0. The zero-order valence-electron chi connectivity index (χ0n) is 10.2. The molecule has 0 atom stereocenters. The number of halogens is 2. The highest BCUT2D eigenvalue weighted by molar-refractivity contribution is 9.10. The summed E-state index contributed by atoms with van der Waals surface area (Å²) < 4.78 is 28.2. The van der Waals surface area contributed by atoms with Gasteiger partial charge in [0.2, 0.25) is 10.0 Å². The van der Waals surface area contributed by atoms with E-state index in [1.807, 2.05) is 5.38 Å². The summed E-state index contributed by atoms with van der Waals surface area (Å²) in [5, 5.41) is 12.8. The van der Waals surface area contributed by atoms with Crippen molar-refractivity contribution < 1.29 is 13.3 Å². The number of hydrogen-bond donors (Lipinski definition) is 1. The molecular weight excluding hydrogens is 448 g/mol. The van der Waals surface area contributed by atoms with Gasteiger partial charge in [0.05, 0.1) is 4.92 Å². The number of nitro groups is 1.